The van der Waals surface area contributed by atoms with E-state index in [2.05, 4.69) is 65.4 Å². The Morgan fingerprint density at radius 2 is 1.90 bits per heavy atom. The Morgan fingerprint density at radius 3 is 2.52 bits per heavy atom. The van der Waals surface area contributed by atoms with E-state index in [0.717, 1.165) is 21.8 Å². The van der Waals surface area contributed by atoms with Gasteiger partial charge in [-0.25, -0.2) is 0 Å². The van der Waals surface area contributed by atoms with Crippen LogP contribution in [0.4, 0.5) is 0 Å². The second-order valence-electron chi connectivity index (χ2n) is 4.88. The highest BCUT2D eigenvalue weighted by atomic mass is 79.9. The Balaban J connectivity index is 2.01. The van der Waals surface area contributed by atoms with Crippen LogP contribution in [0.25, 0.3) is 0 Å². The van der Waals surface area contributed by atoms with Crippen LogP contribution in [0.5, 0.6) is 0 Å². The van der Waals surface area contributed by atoms with Crippen molar-refractivity contribution in [2.24, 2.45) is 0 Å². The van der Waals surface area contributed by atoms with Gasteiger partial charge in [0.1, 0.15) is 0 Å². The molecule has 4 heteroatoms. The molecule has 2 rings (SSSR count). The summed E-state index contributed by atoms with van der Waals surface area (Å²) in [6, 6.07) is 15.0. The van der Waals surface area contributed by atoms with E-state index < -0.39 is 0 Å². The third-order valence-electron chi connectivity index (χ3n) is 3.27. The molecule has 2 aromatic carbocycles. The average molecular weight is 385 g/mol. The van der Waals surface area contributed by atoms with E-state index in [4.69, 9.17) is 11.6 Å². The van der Waals surface area contributed by atoms with Crippen molar-refractivity contribution in [3.05, 3.63) is 63.1 Å². The first-order chi connectivity index (χ1) is 10.1. The molecule has 1 unspecified atom stereocenters. The monoisotopic (exact) mass is 383 g/mol. The van der Waals surface area contributed by atoms with Gasteiger partial charge in [0.05, 0.1) is 0 Å². The summed E-state index contributed by atoms with van der Waals surface area (Å²) in [6.07, 6.45) is 0. The highest BCUT2D eigenvalue weighted by molar-refractivity contribution is 9.10. The minimum absolute atomic E-state index is 0.361. The molecular weight excluding hydrogens is 366 g/mol. The van der Waals surface area contributed by atoms with Crippen molar-refractivity contribution in [3.63, 3.8) is 0 Å². The van der Waals surface area contributed by atoms with E-state index >= 15 is 0 Å². The molecule has 2 aromatic rings. The quantitative estimate of drug-likeness (QED) is 0.607. The normalized spacial score (nSPS) is 12.4. The summed E-state index contributed by atoms with van der Waals surface area (Å²) < 4.78 is 1.16. The second-order valence-corrected chi connectivity index (χ2v) is 7.22. The molecule has 0 heterocycles. The molecule has 0 aliphatic carbocycles. The van der Waals surface area contributed by atoms with Crippen LogP contribution in [0.1, 0.15) is 31.0 Å². The van der Waals surface area contributed by atoms with Crippen molar-refractivity contribution < 1.29 is 0 Å². The van der Waals surface area contributed by atoms with Crippen LogP contribution in [0.15, 0.2) is 51.8 Å². The van der Waals surface area contributed by atoms with Gasteiger partial charge in [0.15, 0.2) is 0 Å². The molecule has 0 spiro atoms. The van der Waals surface area contributed by atoms with Gasteiger partial charge in [-0.2, -0.15) is 0 Å². The number of hydrogen-bond donors (Lipinski definition) is 1. The van der Waals surface area contributed by atoms with Crippen molar-refractivity contribution in [1.29, 1.82) is 0 Å². The molecule has 0 amide bonds. The molecule has 112 valence electrons. The Hall–Kier alpha value is -0.480. The van der Waals surface area contributed by atoms with Crippen molar-refractivity contribution in [1.82, 2.24) is 5.32 Å². The van der Waals surface area contributed by atoms with Gasteiger partial charge >= 0.3 is 0 Å². The highest BCUT2D eigenvalue weighted by Crippen LogP contribution is 2.30. The predicted octanol–water partition coefficient (Wildman–Crippen LogP) is 6.07. The fourth-order valence-electron chi connectivity index (χ4n) is 2.11. The van der Waals surface area contributed by atoms with Crippen molar-refractivity contribution in [2.45, 2.75) is 30.5 Å². The molecule has 0 bridgehead atoms. The van der Waals surface area contributed by atoms with E-state index in [-0.39, 0.29) is 0 Å². The van der Waals surface area contributed by atoms with Crippen LogP contribution >= 0.6 is 39.3 Å². The fraction of sp³-hybridized carbons (Fsp3) is 0.294. The molecule has 0 fully saturated rings. The number of rotatable bonds is 6. The zero-order valence-corrected chi connectivity index (χ0v) is 15.4. The molecule has 0 saturated heterocycles. The zero-order valence-electron chi connectivity index (χ0n) is 12.2. The van der Waals surface area contributed by atoms with Gasteiger partial charge in [0.25, 0.3) is 0 Å². The Labute approximate surface area is 144 Å². The Kier molecular flexibility index (Phi) is 6.62. The van der Waals surface area contributed by atoms with Crippen LogP contribution in [0, 0.1) is 0 Å². The van der Waals surface area contributed by atoms with Crippen LogP contribution in [-0.4, -0.2) is 6.54 Å². The van der Waals surface area contributed by atoms with Gasteiger partial charge < -0.3 is 5.32 Å². The van der Waals surface area contributed by atoms with Gasteiger partial charge in [0, 0.05) is 26.2 Å². The van der Waals surface area contributed by atoms with Gasteiger partial charge in [-0.3, -0.25) is 0 Å². The van der Waals surface area contributed by atoms with Crippen LogP contribution in [0.3, 0.4) is 0 Å². The lowest BCUT2D eigenvalue weighted by molar-refractivity contribution is 0.595. The molecule has 0 aromatic heterocycles. The molecular formula is C17H19BrClNS. The first-order valence-corrected chi connectivity index (χ1v) is 9.16. The molecule has 0 saturated carbocycles. The van der Waals surface area contributed by atoms with Gasteiger partial charge in [-0.1, -0.05) is 52.7 Å². The van der Waals surface area contributed by atoms with E-state index in [9.17, 15) is 0 Å². The molecule has 1 N–H and O–H groups in total. The Bertz CT molecular complexity index is 586. The van der Waals surface area contributed by atoms with Crippen LogP contribution in [0.2, 0.25) is 5.02 Å². The molecule has 0 aliphatic heterocycles. The maximum atomic E-state index is 5.90. The number of hydrogen-bond acceptors (Lipinski definition) is 2. The van der Waals surface area contributed by atoms with Crippen LogP contribution < -0.4 is 5.32 Å². The summed E-state index contributed by atoms with van der Waals surface area (Å²) in [4.78, 5) is 1.27. The molecule has 1 atom stereocenters. The first-order valence-electron chi connectivity index (χ1n) is 7.00. The third-order valence-corrected chi connectivity index (χ3v) is 5.27. The minimum Gasteiger partial charge on any atom is -0.310 e. The van der Waals surface area contributed by atoms with E-state index in [1.807, 2.05) is 23.9 Å². The lowest BCUT2D eigenvalue weighted by Crippen LogP contribution is -2.18. The summed E-state index contributed by atoms with van der Waals surface area (Å²) in [5.41, 5.74) is 2.58. The maximum Gasteiger partial charge on any atom is 0.0406 e. The lowest BCUT2D eigenvalue weighted by Gasteiger charge is -2.15. The standard InChI is InChI=1S/C17H19BrClNS/c1-3-20-12(2)16-9-8-15(10-17(16)18)21-11-13-4-6-14(19)7-5-13/h4-10,12,20H,3,11H2,1-2H3. The van der Waals surface area contributed by atoms with Crippen molar-refractivity contribution in [3.8, 4) is 0 Å². The number of benzene rings is 2. The van der Waals surface area contributed by atoms with Crippen molar-refractivity contribution >= 4 is 39.3 Å². The SMILES string of the molecule is CCNC(C)c1ccc(SCc2ccc(Cl)cc2)cc1Br. The minimum atomic E-state index is 0.361. The molecule has 1 nitrogen and oxygen atoms in total. The Morgan fingerprint density at radius 1 is 1.19 bits per heavy atom. The zero-order chi connectivity index (χ0) is 15.2. The van der Waals surface area contributed by atoms with Gasteiger partial charge in [0.2, 0.25) is 0 Å². The first kappa shape index (κ1) is 16.9. The summed E-state index contributed by atoms with van der Waals surface area (Å²) in [5, 5.41) is 4.22. The van der Waals surface area contributed by atoms with Gasteiger partial charge in [-0.05, 0) is 48.9 Å². The number of nitrogens with one attached hydrogen (secondary N) is 1. The predicted molar refractivity (Wildman–Crippen MR) is 97.2 cm³/mol. The summed E-state index contributed by atoms with van der Waals surface area (Å²) in [6.45, 7) is 5.28. The van der Waals surface area contributed by atoms with Crippen molar-refractivity contribution in [2.75, 3.05) is 6.54 Å². The maximum absolute atomic E-state index is 5.90. The fourth-order valence-corrected chi connectivity index (χ4v) is 4.00. The average Bonchev–Trinajstić information content (AvgIpc) is 2.47. The molecule has 0 aliphatic rings. The second kappa shape index (κ2) is 8.23. The highest BCUT2D eigenvalue weighted by Gasteiger charge is 2.09. The molecule has 21 heavy (non-hydrogen) atoms. The summed E-state index contributed by atoms with van der Waals surface area (Å²) in [7, 11) is 0. The largest absolute Gasteiger partial charge is 0.310 e. The van der Waals surface area contributed by atoms with E-state index in [1.165, 1.54) is 16.0 Å². The van der Waals surface area contributed by atoms with E-state index in [0.29, 0.717) is 6.04 Å². The number of thioether (sulfide) groups is 1. The number of halogens is 2. The lowest BCUT2D eigenvalue weighted by atomic mass is 10.1. The molecule has 0 radical (unpaired) electrons. The summed E-state index contributed by atoms with van der Waals surface area (Å²) >= 11 is 11.4. The van der Waals surface area contributed by atoms with Crippen LogP contribution in [-0.2, 0) is 5.75 Å². The summed E-state index contributed by atoms with van der Waals surface area (Å²) in [5.74, 6) is 0.950. The topological polar surface area (TPSA) is 12.0 Å². The van der Waals surface area contributed by atoms with E-state index in [1.54, 1.807) is 0 Å². The third kappa shape index (κ3) is 5.03. The van der Waals surface area contributed by atoms with Gasteiger partial charge in [-0.15, -0.1) is 11.8 Å². The smallest absolute Gasteiger partial charge is 0.0406 e.